The average molecular weight is 424 g/mol. The zero-order valence-corrected chi connectivity index (χ0v) is 17.0. The molecule has 3 heterocycles. The Kier molecular flexibility index (Phi) is 4.78. The lowest BCUT2D eigenvalue weighted by Gasteiger charge is -2.27. The van der Waals surface area contributed by atoms with Gasteiger partial charge in [0, 0.05) is 16.1 Å². The number of carbonyl (C=O) groups is 1. The second-order valence-electron chi connectivity index (χ2n) is 6.81. The van der Waals surface area contributed by atoms with E-state index >= 15 is 0 Å². The molecule has 1 aromatic carbocycles. The van der Waals surface area contributed by atoms with Crippen molar-refractivity contribution < 1.29 is 17.6 Å². The Morgan fingerprint density at radius 1 is 1.37 bits per heavy atom. The van der Waals surface area contributed by atoms with E-state index in [-0.39, 0.29) is 30.0 Å². The number of thiophene rings is 1. The largest absolute Gasteiger partial charge is 0.467 e. The number of halogens is 1. The highest BCUT2D eigenvalue weighted by Crippen LogP contribution is 2.37. The maximum Gasteiger partial charge on any atom is 0.266 e. The Bertz CT molecular complexity index is 1100. The van der Waals surface area contributed by atoms with Crippen molar-refractivity contribution in [2.24, 2.45) is 0 Å². The Morgan fingerprint density at radius 2 is 2.19 bits per heavy atom. The molecule has 0 aliphatic carbocycles. The number of hydrogen-bond acceptors (Lipinski definition) is 5. The van der Waals surface area contributed by atoms with Crippen LogP contribution in [-0.2, 0) is 16.4 Å². The van der Waals surface area contributed by atoms with Crippen LogP contribution >= 0.6 is 22.9 Å². The molecule has 5 nitrogen and oxygen atoms in total. The van der Waals surface area contributed by atoms with E-state index in [0.29, 0.717) is 22.1 Å². The van der Waals surface area contributed by atoms with Gasteiger partial charge < -0.3 is 9.32 Å². The van der Waals surface area contributed by atoms with Crippen LogP contribution in [-0.4, -0.2) is 36.8 Å². The standard InChI is InChI=1S/C19H18ClNO4S2/c1-12-4-5-15-16(9-12)26-18(17(15)20)19(22)21(10-14-3-2-7-25-14)13-6-8-27(23,24)11-13/h2-5,7,9,13H,6,8,10-11H2,1H3. The minimum atomic E-state index is -3.13. The molecule has 4 rings (SSSR count). The minimum Gasteiger partial charge on any atom is -0.467 e. The molecule has 3 aromatic rings. The lowest BCUT2D eigenvalue weighted by atomic mass is 10.1. The summed E-state index contributed by atoms with van der Waals surface area (Å²) in [5, 5.41) is 1.26. The first-order chi connectivity index (χ1) is 12.8. The van der Waals surface area contributed by atoms with Crippen molar-refractivity contribution in [2.75, 3.05) is 11.5 Å². The van der Waals surface area contributed by atoms with Gasteiger partial charge in [0.1, 0.15) is 10.6 Å². The maximum absolute atomic E-state index is 13.4. The molecule has 1 aliphatic heterocycles. The van der Waals surface area contributed by atoms with Gasteiger partial charge in [0.2, 0.25) is 0 Å². The molecule has 0 saturated carbocycles. The average Bonchev–Trinajstić information content (AvgIpc) is 3.32. The van der Waals surface area contributed by atoms with Crippen LogP contribution in [0.1, 0.15) is 27.4 Å². The molecule has 1 fully saturated rings. The summed E-state index contributed by atoms with van der Waals surface area (Å²) in [5.74, 6) is 0.429. The number of aryl methyl sites for hydroxylation is 1. The van der Waals surface area contributed by atoms with E-state index in [1.807, 2.05) is 25.1 Å². The first-order valence-electron chi connectivity index (χ1n) is 8.56. The zero-order chi connectivity index (χ0) is 19.2. The Labute approximate surface area is 166 Å². The Morgan fingerprint density at radius 3 is 2.85 bits per heavy atom. The number of hydrogen-bond donors (Lipinski definition) is 0. The van der Waals surface area contributed by atoms with Crippen molar-refractivity contribution in [1.29, 1.82) is 0 Å². The van der Waals surface area contributed by atoms with Gasteiger partial charge in [-0.05, 0) is 37.1 Å². The molecule has 1 amide bonds. The number of fused-ring (bicyclic) bond motifs is 1. The number of sulfone groups is 1. The second kappa shape index (κ2) is 6.96. The molecule has 142 valence electrons. The molecule has 0 N–H and O–H groups in total. The third-order valence-corrected chi connectivity index (χ3v) is 8.19. The molecular weight excluding hydrogens is 406 g/mol. The monoisotopic (exact) mass is 423 g/mol. The predicted molar refractivity (Wildman–Crippen MR) is 107 cm³/mol. The quantitative estimate of drug-likeness (QED) is 0.627. The summed E-state index contributed by atoms with van der Waals surface area (Å²) >= 11 is 7.86. The third-order valence-electron chi connectivity index (χ3n) is 4.80. The van der Waals surface area contributed by atoms with Gasteiger partial charge >= 0.3 is 0 Å². The van der Waals surface area contributed by atoms with Crippen LogP contribution in [0.15, 0.2) is 41.0 Å². The van der Waals surface area contributed by atoms with Gasteiger partial charge in [-0.25, -0.2) is 8.42 Å². The number of nitrogens with zero attached hydrogens (tertiary/aromatic N) is 1. The highest BCUT2D eigenvalue weighted by Gasteiger charge is 2.36. The summed E-state index contributed by atoms with van der Waals surface area (Å²) in [4.78, 5) is 15.4. The van der Waals surface area contributed by atoms with Gasteiger partial charge in [0.15, 0.2) is 9.84 Å². The molecule has 1 unspecified atom stereocenters. The summed E-state index contributed by atoms with van der Waals surface area (Å²) in [7, 11) is -3.13. The van der Waals surface area contributed by atoms with E-state index in [4.69, 9.17) is 16.0 Å². The van der Waals surface area contributed by atoms with Crippen molar-refractivity contribution in [1.82, 2.24) is 4.90 Å². The fraction of sp³-hybridized carbons (Fsp3) is 0.316. The molecule has 27 heavy (non-hydrogen) atoms. The first kappa shape index (κ1) is 18.5. The zero-order valence-electron chi connectivity index (χ0n) is 14.6. The van der Waals surface area contributed by atoms with Crippen LogP contribution in [0.4, 0.5) is 0 Å². The van der Waals surface area contributed by atoms with E-state index in [2.05, 4.69) is 0 Å². The number of furan rings is 1. The lowest BCUT2D eigenvalue weighted by Crippen LogP contribution is -2.40. The molecule has 0 spiro atoms. The van der Waals surface area contributed by atoms with Crippen molar-refractivity contribution >= 4 is 48.8 Å². The number of benzene rings is 1. The molecule has 1 saturated heterocycles. The van der Waals surface area contributed by atoms with Crippen LogP contribution in [0.25, 0.3) is 10.1 Å². The normalized spacial score (nSPS) is 18.8. The van der Waals surface area contributed by atoms with Crippen molar-refractivity contribution in [2.45, 2.75) is 25.9 Å². The van der Waals surface area contributed by atoms with Gasteiger partial charge in [-0.2, -0.15) is 0 Å². The van der Waals surface area contributed by atoms with Crippen molar-refractivity contribution in [3.63, 3.8) is 0 Å². The summed E-state index contributed by atoms with van der Waals surface area (Å²) < 4.78 is 30.3. The molecule has 1 aliphatic rings. The molecule has 0 radical (unpaired) electrons. The van der Waals surface area contributed by atoms with Crippen molar-refractivity contribution in [3.05, 3.63) is 57.8 Å². The molecular formula is C19H18ClNO4S2. The number of amides is 1. The minimum absolute atomic E-state index is 0.0267. The van der Waals surface area contributed by atoms with Gasteiger partial charge in [-0.3, -0.25) is 4.79 Å². The molecule has 1 atom stereocenters. The van der Waals surface area contributed by atoms with Crippen LogP contribution in [0.2, 0.25) is 5.02 Å². The highest BCUT2D eigenvalue weighted by molar-refractivity contribution is 7.91. The van der Waals surface area contributed by atoms with Crippen molar-refractivity contribution in [3.8, 4) is 0 Å². The van der Waals surface area contributed by atoms with E-state index in [1.54, 1.807) is 23.3 Å². The second-order valence-corrected chi connectivity index (χ2v) is 10.5. The summed E-state index contributed by atoms with van der Waals surface area (Å²) in [6, 6.07) is 9.02. The summed E-state index contributed by atoms with van der Waals surface area (Å²) in [5.41, 5.74) is 1.09. The molecule has 0 bridgehead atoms. The summed E-state index contributed by atoms with van der Waals surface area (Å²) in [6.07, 6.45) is 1.97. The van der Waals surface area contributed by atoms with E-state index < -0.39 is 9.84 Å². The highest BCUT2D eigenvalue weighted by atomic mass is 35.5. The first-order valence-corrected chi connectivity index (χ1v) is 11.6. The maximum atomic E-state index is 13.4. The Hall–Kier alpha value is -1.83. The van der Waals surface area contributed by atoms with Crippen LogP contribution in [0.3, 0.4) is 0 Å². The van der Waals surface area contributed by atoms with Crippen LogP contribution < -0.4 is 0 Å². The van der Waals surface area contributed by atoms with Gasteiger partial charge in [-0.15, -0.1) is 11.3 Å². The number of carbonyl (C=O) groups excluding carboxylic acids is 1. The fourth-order valence-electron chi connectivity index (χ4n) is 3.40. The fourth-order valence-corrected chi connectivity index (χ4v) is 6.70. The Balaban J connectivity index is 1.73. The molecule has 2 aromatic heterocycles. The topological polar surface area (TPSA) is 67.6 Å². The number of rotatable bonds is 4. The summed E-state index contributed by atoms with van der Waals surface area (Å²) in [6.45, 7) is 2.21. The van der Waals surface area contributed by atoms with E-state index in [1.165, 1.54) is 11.3 Å². The van der Waals surface area contributed by atoms with Crippen LogP contribution in [0.5, 0.6) is 0 Å². The smallest absolute Gasteiger partial charge is 0.266 e. The SMILES string of the molecule is Cc1ccc2c(Cl)c(C(=O)N(Cc3ccco3)C3CCS(=O)(=O)C3)sc2c1. The van der Waals surface area contributed by atoms with Crippen LogP contribution in [0, 0.1) is 6.92 Å². The lowest BCUT2D eigenvalue weighted by molar-refractivity contribution is 0.0671. The molecule has 8 heteroatoms. The third kappa shape index (κ3) is 3.63. The van der Waals surface area contributed by atoms with Gasteiger partial charge in [0.05, 0.1) is 29.3 Å². The predicted octanol–water partition coefficient (Wildman–Crippen LogP) is 4.29. The van der Waals surface area contributed by atoms with Gasteiger partial charge in [-0.1, -0.05) is 23.7 Å². The van der Waals surface area contributed by atoms with E-state index in [0.717, 1.165) is 15.6 Å². The van der Waals surface area contributed by atoms with Gasteiger partial charge in [0.25, 0.3) is 5.91 Å². The van der Waals surface area contributed by atoms with E-state index in [9.17, 15) is 13.2 Å².